The van der Waals surface area contributed by atoms with Crippen LogP contribution < -0.4 is 5.73 Å². The number of para-hydroxylation sites is 1. The summed E-state index contributed by atoms with van der Waals surface area (Å²) in [5, 5.41) is 8.59. The molecular weight excluding hydrogens is 164 g/mol. The van der Waals surface area contributed by atoms with Gasteiger partial charge >= 0.3 is 0 Å². The van der Waals surface area contributed by atoms with Crippen molar-refractivity contribution in [3.8, 4) is 0 Å². The van der Waals surface area contributed by atoms with E-state index in [1.165, 1.54) is 0 Å². The molecule has 0 saturated heterocycles. The highest BCUT2D eigenvalue weighted by Gasteiger charge is 1.99. The second-order valence-corrected chi connectivity index (χ2v) is 2.78. The smallest absolute Gasteiger partial charge is 0.0627 e. The number of hydrogen-bond donors (Lipinski definition) is 2. The molecule has 0 spiro atoms. The molecule has 0 aliphatic carbocycles. The van der Waals surface area contributed by atoms with Crippen LogP contribution in [0.25, 0.3) is 0 Å². The van der Waals surface area contributed by atoms with Crippen LogP contribution in [0.5, 0.6) is 0 Å². The molecule has 3 nitrogen and oxygen atoms in total. The molecule has 0 fully saturated rings. The predicted octanol–water partition coefficient (Wildman–Crippen LogP) is 1.07. The Balaban J connectivity index is 2.88. The van der Waals surface area contributed by atoms with Crippen molar-refractivity contribution in [3.63, 3.8) is 0 Å². The number of benzene rings is 1. The van der Waals surface area contributed by atoms with E-state index in [4.69, 9.17) is 10.8 Å². The van der Waals surface area contributed by atoms with E-state index in [1.54, 1.807) is 0 Å². The number of anilines is 1. The summed E-state index contributed by atoms with van der Waals surface area (Å²) < 4.78 is 0. The summed E-state index contributed by atoms with van der Waals surface area (Å²) in [6.45, 7) is 2.39. The fourth-order valence-electron chi connectivity index (χ4n) is 1.13. The molecule has 0 amide bonds. The van der Waals surface area contributed by atoms with Gasteiger partial charge in [-0.2, -0.15) is 0 Å². The number of rotatable bonds is 3. The maximum absolute atomic E-state index is 8.59. The SMILES string of the molecule is CC(=NCCO)c1ccccc1N. The Morgan fingerprint density at radius 1 is 1.46 bits per heavy atom. The van der Waals surface area contributed by atoms with Gasteiger partial charge in [-0.1, -0.05) is 18.2 Å². The molecule has 0 atom stereocenters. The quantitative estimate of drug-likeness (QED) is 0.537. The maximum atomic E-state index is 8.59. The van der Waals surface area contributed by atoms with Gasteiger partial charge in [-0.15, -0.1) is 0 Å². The minimum Gasteiger partial charge on any atom is -0.398 e. The van der Waals surface area contributed by atoms with Crippen molar-refractivity contribution in [1.82, 2.24) is 0 Å². The minimum absolute atomic E-state index is 0.0735. The monoisotopic (exact) mass is 178 g/mol. The average Bonchev–Trinajstić information content (AvgIpc) is 2.15. The molecule has 0 aliphatic heterocycles. The highest BCUT2D eigenvalue weighted by molar-refractivity contribution is 6.02. The van der Waals surface area contributed by atoms with E-state index >= 15 is 0 Å². The van der Waals surface area contributed by atoms with Crippen molar-refractivity contribution in [2.75, 3.05) is 18.9 Å². The summed E-state index contributed by atoms with van der Waals surface area (Å²) in [5.74, 6) is 0. The Bertz CT molecular complexity index is 308. The Labute approximate surface area is 77.9 Å². The second kappa shape index (κ2) is 4.62. The first kappa shape index (κ1) is 9.74. The van der Waals surface area contributed by atoms with Gasteiger partial charge in [-0.3, -0.25) is 4.99 Å². The third-order valence-corrected chi connectivity index (χ3v) is 1.80. The Hall–Kier alpha value is -1.35. The summed E-state index contributed by atoms with van der Waals surface area (Å²) in [5.41, 5.74) is 8.28. The molecule has 1 aromatic carbocycles. The van der Waals surface area contributed by atoms with Crippen LogP contribution in [0.1, 0.15) is 12.5 Å². The summed E-state index contributed by atoms with van der Waals surface area (Å²) in [4.78, 5) is 4.16. The first-order valence-electron chi connectivity index (χ1n) is 4.22. The lowest BCUT2D eigenvalue weighted by Gasteiger charge is -2.03. The topological polar surface area (TPSA) is 58.6 Å². The first-order chi connectivity index (χ1) is 6.25. The van der Waals surface area contributed by atoms with Crippen LogP contribution >= 0.6 is 0 Å². The summed E-state index contributed by atoms with van der Waals surface area (Å²) in [6, 6.07) is 7.57. The van der Waals surface area contributed by atoms with Crippen molar-refractivity contribution in [2.45, 2.75) is 6.92 Å². The molecule has 1 aromatic rings. The van der Waals surface area contributed by atoms with Gasteiger partial charge in [-0.05, 0) is 13.0 Å². The third-order valence-electron chi connectivity index (χ3n) is 1.80. The van der Waals surface area contributed by atoms with E-state index in [2.05, 4.69) is 4.99 Å². The van der Waals surface area contributed by atoms with Crippen LogP contribution in [0.2, 0.25) is 0 Å². The first-order valence-corrected chi connectivity index (χ1v) is 4.22. The average molecular weight is 178 g/mol. The zero-order valence-corrected chi connectivity index (χ0v) is 7.70. The van der Waals surface area contributed by atoms with Crippen LogP contribution in [-0.4, -0.2) is 24.0 Å². The van der Waals surface area contributed by atoms with Crippen LogP contribution in [0, 0.1) is 0 Å². The molecule has 0 aliphatic rings. The van der Waals surface area contributed by atoms with Crippen molar-refractivity contribution < 1.29 is 5.11 Å². The lowest BCUT2D eigenvalue weighted by atomic mass is 10.1. The standard InChI is InChI=1S/C10H14N2O/c1-8(12-6-7-13)9-4-2-3-5-10(9)11/h2-5,13H,6-7,11H2,1H3. The molecule has 0 unspecified atom stereocenters. The van der Waals surface area contributed by atoms with Gasteiger partial charge in [0.25, 0.3) is 0 Å². The van der Waals surface area contributed by atoms with Gasteiger partial charge in [0.1, 0.15) is 0 Å². The largest absolute Gasteiger partial charge is 0.398 e. The molecule has 0 radical (unpaired) electrons. The van der Waals surface area contributed by atoms with Crippen LogP contribution in [-0.2, 0) is 0 Å². The molecule has 0 heterocycles. The van der Waals surface area contributed by atoms with E-state index in [-0.39, 0.29) is 6.61 Å². The highest BCUT2D eigenvalue weighted by Crippen LogP contribution is 2.11. The highest BCUT2D eigenvalue weighted by atomic mass is 16.3. The number of aliphatic imine (C=N–C) groups is 1. The number of nitrogens with two attached hydrogens (primary N) is 1. The summed E-state index contributed by atoms with van der Waals surface area (Å²) in [7, 11) is 0. The maximum Gasteiger partial charge on any atom is 0.0627 e. The van der Waals surface area contributed by atoms with E-state index < -0.39 is 0 Å². The van der Waals surface area contributed by atoms with Crippen molar-refractivity contribution in [2.24, 2.45) is 4.99 Å². The van der Waals surface area contributed by atoms with Crippen LogP contribution in [0.15, 0.2) is 29.3 Å². The number of nitrogens with zero attached hydrogens (tertiary/aromatic N) is 1. The van der Waals surface area contributed by atoms with Crippen molar-refractivity contribution in [1.29, 1.82) is 0 Å². The molecule has 3 N–H and O–H groups in total. The molecular formula is C10H14N2O. The van der Waals surface area contributed by atoms with Crippen molar-refractivity contribution >= 4 is 11.4 Å². The lowest BCUT2D eigenvalue weighted by Crippen LogP contribution is -2.02. The van der Waals surface area contributed by atoms with Gasteiger partial charge in [0.2, 0.25) is 0 Å². The number of hydrogen-bond acceptors (Lipinski definition) is 3. The number of nitrogen functional groups attached to an aromatic ring is 1. The molecule has 0 bridgehead atoms. The Kier molecular flexibility index (Phi) is 3.46. The summed E-state index contributed by atoms with van der Waals surface area (Å²) >= 11 is 0. The molecule has 13 heavy (non-hydrogen) atoms. The van der Waals surface area contributed by atoms with E-state index in [1.807, 2.05) is 31.2 Å². The lowest BCUT2D eigenvalue weighted by molar-refractivity contribution is 0.307. The van der Waals surface area contributed by atoms with E-state index in [0.717, 1.165) is 17.0 Å². The molecule has 0 aromatic heterocycles. The Morgan fingerprint density at radius 2 is 2.15 bits per heavy atom. The fourth-order valence-corrected chi connectivity index (χ4v) is 1.13. The van der Waals surface area contributed by atoms with Gasteiger partial charge in [0, 0.05) is 17.0 Å². The molecule has 3 heteroatoms. The van der Waals surface area contributed by atoms with E-state index in [0.29, 0.717) is 6.54 Å². The molecule has 70 valence electrons. The van der Waals surface area contributed by atoms with Gasteiger partial charge in [-0.25, -0.2) is 0 Å². The van der Waals surface area contributed by atoms with E-state index in [9.17, 15) is 0 Å². The number of aliphatic hydroxyl groups excluding tert-OH is 1. The second-order valence-electron chi connectivity index (χ2n) is 2.78. The number of aliphatic hydroxyl groups is 1. The van der Waals surface area contributed by atoms with Gasteiger partial charge in [0.05, 0.1) is 13.2 Å². The molecule has 0 saturated carbocycles. The Morgan fingerprint density at radius 3 is 2.77 bits per heavy atom. The molecule has 1 rings (SSSR count). The summed E-state index contributed by atoms with van der Waals surface area (Å²) in [6.07, 6.45) is 0. The van der Waals surface area contributed by atoms with Gasteiger partial charge < -0.3 is 10.8 Å². The third kappa shape index (κ3) is 2.56. The zero-order chi connectivity index (χ0) is 9.68. The van der Waals surface area contributed by atoms with Crippen LogP contribution in [0.4, 0.5) is 5.69 Å². The minimum atomic E-state index is 0.0735. The normalized spacial score (nSPS) is 11.7. The fraction of sp³-hybridized carbons (Fsp3) is 0.300. The van der Waals surface area contributed by atoms with Crippen LogP contribution in [0.3, 0.4) is 0 Å². The van der Waals surface area contributed by atoms with Gasteiger partial charge in [0.15, 0.2) is 0 Å². The zero-order valence-electron chi connectivity index (χ0n) is 7.70. The van der Waals surface area contributed by atoms with Crippen molar-refractivity contribution in [3.05, 3.63) is 29.8 Å². The predicted molar refractivity (Wildman–Crippen MR) is 55.0 cm³/mol.